The summed E-state index contributed by atoms with van der Waals surface area (Å²) in [5.41, 5.74) is 9.96. The number of nitrogens with one attached hydrogen (secondary N) is 2. The van der Waals surface area contributed by atoms with Crippen molar-refractivity contribution >= 4 is 46.6 Å². The monoisotopic (exact) mass is 546 g/mol. The average molecular weight is 547 g/mol. The van der Waals surface area contributed by atoms with Gasteiger partial charge in [0.25, 0.3) is 11.8 Å². The molecule has 4 amide bonds. The maximum atomic E-state index is 13.8. The first kappa shape index (κ1) is 27.9. The smallest absolute Gasteiger partial charge is 0.258 e. The van der Waals surface area contributed by atoms with Crippen molar-refractivity contribution in [2.75, 3.05) is 23.3 Å². The quantitative estimate of drug-likeness (QED) is 0.397. The van der Waals surface area contributed by atoms with Crippen LogP contribution >= 0.6 is 11.6 Å². The summed E-state index contributed by atoms with van der Waals surface area (Å²) in [6.07, 6.45) is 1.50. The predicted octanol–water partition coefficient (Wildman–Crippen LogP) is 4.72. The fourth-order valence-electron chi connectivity index (χ4n) is 4.93. The van der Waals surface area contributed by atoms with E-state index in [-0.39, 0.29) is 36.6 Å². The number of primary amides is 1. The van der Waals surface area contributed by atoms with Crippen molar-refractivity contribution in [2.45, 2.75) is 39.0 Å². The summed E-state index contributed by atoms with van der Waals surface area (Å²) < 4.78 is 0. The molecule has 8 nitrogen and oxygen atoms in total. The Balaban J connectivity index is 1.56. The molecule has 39 heavy (non-hydrogen) atoms. The van der Waals surface area contributed by atoms with Crippen LogP contribution in [0, 0.1) is 13.8 Å². The van der Waals surface area contributed by atoms with E-state index in [0.717, 1.165) is 16.7 Å². The molecule has 4 rings (SSSR count). The van der Waals surface area contributed by atoms with E-state index >= 15 is 0 Å². The fraction of sp³-hybridized carbons (Fsp3) is 0.267. The zero-order valence-electron chi connectivity index (χ0n) is 21.9. The van der Waals surface area contributed by atoms with Crippen LogP contribution in [0.1, 0.15) is 62.6 Å². The Morgan fingerprint density at radius 3 is 2.46 bits per heavy atom. The van der Waals surface area contributed by atoms with Crippen LogP contribution in [-0.2, 0) is 9.59 Å². The third-order valence-electron chi connectivity index (χ3n) is 6.90. The lowest BCUT2D eigenvalue weighted by atomic mass is 9.90. The van der Waals surface area contributed by atoms with Gasteiger partial charge in [-0.25, -0.2) is 0 Å². The van der Waals surface area contributed by atoms with Gasteiger partial charge in [-0.15, -0.1) is 0 Å². The minimum atomic E-state index is -0.611. The first-order valence-electron chi connectivity index (χ1n) is 12.8. The summed E-state index contributed by atoms with van der Waals surface area (Å²) >= 11 is 6.32. The molecule has 1 aliphatic rings. The minimum absolute atomic E-state index is 0.150. The number of halogens is 1. The van der Waals surface area contributed by atoms with Gasteiger partial charge in [0.15, 0.2) is 0 Å². The van der Waals surface area contributed by atoms with Gasteiger partial charge in [0.2, 0.25) is 11.8 Å². The van der Waals surface area contributed by atoms with E-state index in [1.54, 1.807) is 47.4 Å². The topological polar surface area (TPSA) is 122 Å². The lowest BCUT2D eigenvalue weighted by Gasteiger charge is -2.25. The average Bonchev–Trinajstić information content (AvgIpc) is 3.06. The van der Waals surface area contributed by atoms with Gasteiger partial charge in [-0.3, -0.25) is 19.2 Å². The molecule has 0 bridgehead atoms. The number of rotatable bonds is 7. The van der Waals surface area contributed by atoms with Crippen LogP contribution in [0.2, 0.25) is 5.02 Å². The Bertz CT molecular complexity index is 1440. The number of nitrogens with zero attached hydrogens (tertiary/aromatic N) is 1. The maximum absolute atomic E-state index is 13.8. The van der Waals surface area contributed by atoms with Crippen molar-refractivity contribution in [3.8, 4) is 0 Å². The van der Waals surface area contributed by atoms with Gasteiger partial charge in [0.05, 0.1) is 6.54 Å². The van der Waals surface area contributed by atoms with E-state index in [9.17, 15) is 19.2 Å². The Kier molecular flexibility index (Phi) is 8.66. The highest BCUT2D eigenvalue weighted by Crippen LogP contribution is 2.39. The molecule has 1 unspecified atom stereocenters. The van der Waals surface area contributed by atoms with Crippen LogP contribution in [-0.4, -0.2) is 36.7 Å². The molecule has 1 heterocycles. The van der Waals surface area contributed by atoms with Gasteiger partial charge in [0, 0.05) is 40.5 Å². The lowest BCUT2D eigenvalue weighted by molar-refractivity contribution is -0.125. The number of nitrogens with two attached hydrogens (primary N) is 1. The molecule has 0 saturated heterocycles. The Morgan fingerprint density at radius 1 is 0.974 bits per heavy atom. The number of carbonyl (C=O) groups is 4. The minimum Gasteiger partial charge on any atom is -0.368 e. The van der Waals surface area contributed by atoms with Gasteiger partial charge in [-0.1, -0.05) is 29.8 Å². The number of fused-ring (bicyclic) bond motifs is 1. The summed E-state index contributed by atoms with van der Waals surface area (Å²) in [6, 6.07) is 17.9. The summed E-state index contributed by atoms with van der Waals surface area (Å²) in [7, 11) is 0. The Hall–Kier alpha value is -4.17. The van der Waals surface area contributed by atoms with Crippen LogP contribution in [0.5, 0.6) is 0 Å². The van der Waals surface area contributed by atoms with Gasteiger partial charge in [-0.2, -0.15) is 0 Å². The Labute approximate surface area is 232 Å². The van der Waals surface area contributed by atoms with Crippen LogP contribution in [0.25, 0.3) is 0 Å². The molecule has 0 fully saturated rings. The number of amides is 4. The fourth-order valence-corrected chi connectivity index (χ4v) is 5.11. The number of anilines is 2. The van der Waals surface area contributed by atoms with Gasteiger partial charge in [0.1, 0.15) is 0 Å². The van der Waals surface area contributed by atoms with Crippen molar-refractivity contribution < 1.29 is 19.2 Å². The zero-order valence-corrected chi connectivity index (χ0v) is 22.7. The molecule has 9 heteroatoms. The van der Waals surface area contributed by atoms with E-state index in [4.69, 9.17) is 17.3 Å². The molecule has 4 N–H and O–H groups in total. The zero-order chi connectivity index (χ0) is 28.1. The van der Waals surface area contributed by atoms with Crippen LogP contribution in [0.3, 0.4) is 0 Å². The van der Waals surface area contributed by atoms with Gasteiger partial charge < -0.3 is 21.3 Å². The molecular formula is C30H31ClN4O4. The highest BCUT2D eigenvalue weighted by Gasteiger charge is 2.29. The van der Waals surface area contributed by atoms with Crippen molar-refractivity contribution in [3.05, 3.63) is 93.5 Å². The molecule has 0 spiro atoms. The first-order valence-corrected chi connectivity index (χ1v) is 13.2. The molecule has 1 atom stereocenters. The first-order chi connectivity index (χ1) is 18.6. The number of hydrogen-bond donors (Lipinski definition) is 3. The van der Waals surface area contributed by atoms with E-state index in [2.05, 4.69) is 10.6 Å². The van der Waals surface area contributed by atoms with Crippen molar-refractivity contribution in [3.63, 3.8) is 0 Å². The van der Waals surface area contributed by atoms with Crippen molar-refractivity contribution in [2.24, 2.45) is 5.73 Å². The Morgan fingerprint density at radius 2 is 1.74 bits per heavy atom. The summed E-state index contributed by atoms with van der Waals surface area (Å²) in [6.45, 7) is 3.96. The third kappa shape index (κ3) is 6.64. The molecule has 0 radical (unpaired) electrons. The molecule has 0 saturated carbocycles. The molecule has 1 aliphatic heterocycles. The van der Waals surface area contributed by atoms with E-state index in [1.807, 2.05) is 32.0 Å². The largest absolute Gasteiger partial charge is 0.368 e. The molecule has 202 valence electrons. The molecular weight excluding hydrogens is 516 g/mol. The lowest BCUT2D eigenvalue weighted by Crippen LogP contribution is -2.34. The predicted molar refractivity (Wildman–Crippen MR) is 152 cm³/mol. The number of hydrogen-bond acceptors (Lipinski definition) is 4. The van der Waals surface area contributed by atoms with Gasteiger partial charge >= 0.3 is 0 Å². The normalized spacial score (nSPS) is 14.6. The van der Waals surface area contributed by atoms with Gasteiger partial charge in [-0.05, 0) is 91.8 Å². The molecule has 3 aromatic carbocycles. The maximum Gasteiger partial charge on any atom is 0.258 e. The van der Waals surface area contributed by atoms with E-state index < -0.39 is 5.91 Å². The number of benzene rings is 3. The van der Waals surface area contributed by atoms with Crippen molar-refractivity contribution in [1.29, 1.82) is 0 Å². The standard InChI is InChI=1S/C30H31ClN4O4/c1-18-6-3-4-8-23(18)29(38)34-22-10-11-24(19(2)14-22)30(39)35-13-5-7-20(15-28(37)33-17-27(32)36)25-16-21(31)9-12-26(25)35/h3-4,6,8-12,14,16,20H,5,7,13,15,17H2,1-2H3,(H2,32,36)(H,33,37)(H,34,38). The number of aryl methyl sites for hydroxylation is 2. The SMILES string of the molecule is Cc1ccccc1C(=O)Nc1ccc(C(=O)N2CCCC(CC(=O)NCC(N)=O)c3cc(Cl)ccc32)c(C)c1. The van der Waals surface area contributed by atoms with Crippen molar-refractivity contribution in [1.82, 2.24) is 5.32 Å². The second-order valence-electron chi connectivity index (χ2n) is 9.74. The summed E-state index contributed by atoms with van der Waals surface area (Å²) in [4.78, 5) is 51.8. The highest BCUT2D eigenvalue weighted by molar-refractivity contribution is 6.30. The van der Waals surface area contributed by atoms with Crippen LogP contribution in [0.15, 0.2) is 60.7 Å². The molecule has 0 aromatic heterocycles. The third-order valence-corrected chi connectivity index (χ3v) is 7.13. The van der Waals surface area contributed by atoms with Crippen LogP contribution < -0.4 is 21.3 Å². The summed E-state index contributed by atoms with van der Waals surface area (Å²) in [5, 5.41) is 5.96. The van der Waals surface area contributed by atoms with Crippen LogP contribution in [0.4, 0.5) is 11.4 Å². The summed E-state index contributed by atoms with van der Waals surface area (Å²) in [5.74, 6) is -1.46. The highest BCUT2D eigenvalue weighted by atomic mass is 35.5. The van der Waals surface area contributed by atoms with E-state index in [0.29, 0.717) is 46.9 Å². The molecule has 3 aromatic rings. The van der Waals surface area contributed by atoms with E-state index in [1.165, 1.54) is 0 Å². The molecule has 0 aliphatic carbocycles. The second kappa shape index (κ2) is 12.1. The number of carbonyl (C=O) groups excluding carboxylic acids is 4. The second-order valence-corrected chi connectivity index (χ2v) is 10.2.